The standard InChI is InChI=1S/C8H8N2/c1-6-4-7(2)10-8(5-6)9-3/h4-5H,1-2H3. The molecule has 1 aromatic heterocycles. The Hall–Kier alpha value is -1.36. The van der Waals surface area contributed by atoms with Crippen LogP contribution in [0.4, 0.5) is 5.82 Å². The third-order valence-electron chi connectivity index (χ3n) is 1.20. The lowest BCUT2D eigenvalue weighted by Gasteiger charge is -1.92. The molecule has 0 atom stereocenters. The molecule has 0 aromatic carbocycles. The summed E-state index contributed by atoms with van der Waals surface area (Å²) in [5, 5.41) is 0. The molecule has 0 aliphatic heterocycles. The van der Waals surface area contributed by atoms with Gasteiger partial charge in [-0.3, -0.25) is 0 Å². The topological polar surface area (TPSA) is 17.2 Å². The molecule has 1 aromatic rings. The third kappa shape index (κ3) is 1.32. The van der Waals surface area contributed by atoms with Gasteiger partial charge in [-0.05, 0) is 19.1 Å². The second-order valence-corrected chi connectivity index (χ2v) is 2.26. The summed E-state index contributed by atoms with van der Waals surface area (Å²) in [5.74, 6) is 0.484. The zero-order valence-electron chi connectivity index (χ0n) is 6.05. The van der Waals surface area contributed by atoms with Crippen LogP contribution < -0.4 is 0 Å². The first-order valence-electron chi connectivity index (χ1n) is 3.05. The lowest BCUT2D eigenvalue weighted by Crippen LogP contribution is -1.80. The highest BCUT2D eigenvalue weighted by Crippen LogP contribution is 2.10. The predicted molar refractivity (Wildman–Crippen MR) is 40.0 cm³/mol. The monoisotopic (exact) mass is 132 g/mol. The van der Waals surface area contributed by atoms with Gasteiger partial charge in [-0.25, -0.2) is 0 Å². The van der Waals surface area contributed by atoms with Crippen molar-refractivity contribution in [3.63, 3.8) is 0 Å². The normalized spacial score (nSPS) is 8.90. The molecule has 0 aliphatic carbocycles. The summed E-state index contributed by atoms with van der Waals surface area (Å²) in [6.07, 6.45) is 0. The minimum atomic E-state index is 0.484. The molecule has 50 valence electrons. The van der Waals surface area contributed by atoms with E-state index in [-0.39, 0.29) is 0 Å². The van der Waals surface area contributed by atoms with Crippen molar-refractivity contribution in [2.24, 2.45) is 0 Å². The number of hydrogen-bond acceptors (Lipinski definition) is 1. The molecule has 0 spiro atoms. The molecular formula is C8H8N2. The third-order valence-corrected chi connectivity index (χ3v) is 1.20. The molecule has 10 heavy (non-hydrogen) atoms. The van der Waals surface area contributed by atoms with E-state index in [2.05, 4.69) is 9.83 Å². The van der Waals surface area contributed by atoms with Crippen LogP contribution in [0.5, 0.6) is 0 Å². The maximum Gasteiger partial charge on any atom is 0.269 e. The van der Waals surface area contributed by atoms with Crippen molar-refractivity contribution in [2.75, 3.05) is 0 Å². The van der Waals surface area contributed by atoms with Crippen LogP contribution >= 0.6 is 0 Å². The van der Waals surface area contributed by atoms with Gasteiger partial charge in [-0.1, -0.05) is 12.1 Å². The summed E-state index contributed by atoms with van der Waals surface area (Å²) in [6.45, 7) is 10.6. The average molecular weight is 132 g/mol. The average Bonchev–Trinajstić information content (AvgIpc) is 1.85. The van der Waals surface area contributed by atoms with Gasteiger partial charge < -0.3 is 4.85 Å². The van der Waals surface area contributed by atoms with Crippen LogP contribution in [0.15, 0.2) is 12.1 Å². The van der Waals surface area contributed by atoms with Crippen LogP contribution in [0.1, 0.15) is 11.3 Å². The molecule has 0 fully saturated rings. The molecule has 0 N–H and O–H groups in total. The molecule has 0 aliphatic rings. The second kappa shape index (κ2) is 2.49. The summed E-state index contributed by atoms with van der Waals surface area (Å²) in [6, 6.07) is 3.73. The van der Waals surface area contributed by atoms with Gasteiger partial charge in [-0.2, -0.15) is 0 Å². The highest BCUT2D eigenvalue weighted by atomic mass is 14.9. The fourth-order valence-corrected chi connectivity index (χ4v) is 0.877. The SMILES string of the molecule is [C-]#[N+]c1cc(C)cc(C)n1. The predicted octanol–water partition coefficient (Wildman–Crippen LogP) is 2.25. The van der Waals surface area contributed by atoms with Crippen molar-refractivity contribution >= 4 is 5.82 Å². The molecule has 0 unspecified atom stereocenters. The molecule has 1 rings (SSSR count). The quantitative estimate of drug-likeness (QED) is 0.495. The van der Waals surface area contributed by atoms with E-state index < -0.39 is 0 Å². The Morgan fingerprint density at radius 3 is 2.60 bits per heavy atom. The van der Waals surface area contributed by atoms with Crippen molar-refractivity contribution in [1.82, 2.24) is 4.98 Å². The first kappa shape index (κ1) is 6.76. The van der Waals surface area contributed by atoms with E-state index in [1.807, 2.05) is 19.9 Å². The van der Waals surface area contributed by atoms with Crippen LogP contribution in [0.25, 0.3) is 4.85 Å². The lowest BCUT2D eigenvalue weighted by atomic mass is 10.2. The van der Waals surface area contributed by atoms with Crippen molar-refractivity contribution in [3.8, 4) is 0 Å². The van der Waals surface area contributed by atoms with E-state index in [1.54, 1.807) is 6.07 Å². The summed E-state index contributed by atoms with van der Waals surface area (Å²) in [5.41, 5.74) is 2.00. The summed E-state index contributed by atoms with van der Waals surface area (Å²) < 4.78 is 0. The maximum atomic E-state index is 6.70. The Labute approximate surface area is 60.3 Å². The van der Waals surface area contributed by atoms with E-state index in [9.17, 15) is 0 Å². The molecule has 2 nitrogen and oxygen atoms in total. The van der Waals surface area contributed by atoms with Crippen molar-refractivity contribution in [3.05, 3.63) is 34.8 Å². The molecule has 0 radical (unpaired) electrons. The fraction of sp³-hybridized carbons (Fsp3) is 0.250. The van der Waals surface area contributed by atoms with Gasteiger partial charge in [0.05, 0.1) is 0 Å². The van der Waals surface area contributed by atoms with Crippen LogP contribution in [0.2, 0.25) is 0 Å². The zero-order chi connectivity index (χ0) is 7.56. The Morgan fingerprint density at radius 2 is 2.10 bits per heavy atom. The van der Waals surface area contributed by atoms with Crippen LogP contribution in [0.3, 0.4) is 0 Å². The first-order chi connectivity index (χ1) is 4.72. The van der Waals surface area contributed by atoms with Crippen LogP contribution in [0, 0.1) is 20.4 Å². The van der Waals surface area contributed by atoms with E-state index in [1.165, 1.54) is 0 Å². The van der Waals surface area contributed by atoms with E-state index >= 15 is 0 Å². The van der Waals surface area contributed by atoms with Crippen LogP contribution in [-0.2, 0) is 0 Å². The highest BCUT2D eigenvalue weighted by molar-refractivity contribution is 5.39. The van der Waals surface area contributed by atoms with Gasteiger partial charge >= 0.3 is 0 Å². The van der Waals surface area contributed by atoms with Gasteiger partial charge in [0, 0.05) is 6.92 Å². The minimum absolute atomic E-state index is 0.484. The molecule has 1 heterocycles. The molecule has 0 amide bonds. The molecule has 0 bridgehead atoms. The maximum absolute atomic E-state index is 6.70. The smallest absolute Gasteiger partial charge is 0.269 e. The van der Waals surface area contributed by atoms with Crippen molar-refractivity contribution in [2.45, 2.75) is 13.8 Å². The number of pyridine rings is 1. The molecular weight excluding hydrogens is 124 g/mol. The number of aryl methyl sites for hydroxylation is 2. The van der Waals surface area contributed by atoms with Crippen molar-refractivity contribution < 1.29 is 0 Å². The molecule has 0 saturated heterocycles. The largest absolute Gasteiger partial charge is 0.361 e. The first-order valence-corrected chi connectivity index (χ1v) is 3.05. The zero-order valence-corrected chi connectivity index (χ0v) is 6.05. The Bertz CT molecular complexity index is 264. The molecule has 0 saturated carbocycles. The molecule has 2 heteroatoms. The highest BCUT2D eigenvalue weighted by Gasteiger charge is 1.95. The summed E-state index contributed by atoms with van der Waals surface area (Å²) >= 11 is 0. The number of nitrogens with zero attached hydrogens (tertiary/aromatic N) is 2. The fourth-order valence-electron chi connectivity index (χ4n) is 0.877. The Balaban J connectivity index is 3.22. The van der Waals surface area contributed by atoms with E-state index in [0.29, 0.717) is 5.82 Å². The Kier molecular flexibility index (Phi) is 1.68. The number of rotatable bonds is 0. The van der Waals surface area contributed by atoms with E-state index in [0.717, 1.165) is 11.3 Å². The van der Waals surface area contributed by atoms with Gasteiger partial charge in [0.1, 0.15) is 5.69 Å². The minimum Gasteiger partial charge on any atom is -0.361 e. The van der Waals surface area contributed by atoms with Gasteiger partial charge in [0.15, 0.2) is 0 Å². The number of aromatic nitrogens is 1. The van der Waals surface area contributed by atoms with Gasteiger partial charge in [-0.15, -0.1) is 4.98 Å². The Morgan fingerprint density at radius 1 is 1.40 bits per heavy atom. The summed E-state index contributed by atoms with van der Waals surface area (Å²) in [7, 11) is 0. The summed E-state index contributed by atoms with van der Waals surface area (Å²) in [4.78, 5) is 7.23. The second-order valence-electron chi connectivity index (χ2n) is 2.26. The lowest BCUT2D eigenvalue weighted by molar-refractivity contribution is 1.20. The van der Waals surface area contributed by atoms with Gasteiger partial charge in [0.25, 0.3) is 5.82 Å². The van der Waals surface area contributed by atoms with Crippen LogP contribution in [-0.4, -0.2) is 4.98 Å². The van der Waals surface area contributed by atoms with Crippen molar-refractivity contribution in [1.29, 1.82) is 0 Å². The van der Waals surface area contributed by atoms with E-state index in [4.69, 9.17) is 6.57 Å². The van der Waals surface area contributed by atoms with Gasteiger partial charge in [0.2, 0.25) is 0 Å². The number of hydrogen-bond donors (Lipinski definition) is 0.